The van der Waals surface area contributed by atoms with Crippen molar-refractivity contribution in [2.24, 2.45) is 0 Å². The molecule has 1 aromatic rings. The van der Waals surface area contributed by atoms with Gasteiger partial charge in [0.15, 0.2) is 0 Å². The van der Waals surface area contributed by atoms with Crippen molar-refractivity contribution in [1.82, 2.24) is 0 Å². The van der Waals surface area contributed by atoms with Crippen LogP contribution < -0.4 is 5.32 Å². The van der Waals surface area contributed by atoms with Crippen LogP contribution in [0.3, 0.4) is 0 Å². The molecule has 11 heavy (non-hydrogen) atoms. The van der Waals surface area contributed by atoms with Crippen LogP contribution in [0.25, 0.3) is 0 Å². The third kappa shape index (κ3) is 1.11. The summed E-state index contributed by atoms with van der Waals surface area (Å²) in [5, 5.41) is 3.04. The fourth-order valence-electron chi connectivity index (χ4n) is 1.21. The zero-order valence-corrected chi connectivity index (χ0v) is 5.97. The van der Waals surface area contributed by atoms with Gasteiger partial charge in [-0.15, -0.1) is 0 Å². The third-order valence-corrected chi connectivity index (χ3v) is 1.76. The monoisotopic (exact) mass is 149 g/mol. The van der Waals surface area contributed by atoms with Crippen molar-refractivity contribution in [2.75, 3.05) is 5.32 Å². The van der Waals surface area contributed by atoms with Gasteiger partial charge in [0.1, 0.15) is 5.82 Å². The standard InChI is InChI=1S/C9H8FN/c10-8-3-4-9-7(6-8)2-1-5-11-9/h1,3-6,11H,2H2. The van der Waals surface area contributed by atoms with E-state index in [4.69, 9.17) is 0 Å². The Kier molecular flexibility index (Phi) is 1.39. The molecule has 1 heterocycles. The molecule has 0 atom stereocenters. The van der Waals surface area contributed by atoms with Gasteiger partial charge in [-0.25, -0.2) is 4.39 Å². The molecule has 0 fully saturated rings. The van der Waals surface area contributed by atoms with Gasteiger partial charge in [0.05, 0.1) is 0 Å². The third-order valence-electron chi connectivity index (χ3n) is 1.76. The minimum atomic E-state index is -0.166. The van der Waals surface area contributed by atoms with E-state index in [2.05, 4.69) is 5.32 Å². The lowest BCUT2D eigenvalue weighted by Crippen LogP contribution is -1.99. The summed E-state index contributed by atoms with van der Waals surface area (Å²) in [6.07, 6.45) is 4.67. The predicted octanol–water partition coefficient (Wildman–Crippen LogP) is 2.31. The highest BCUT2D eigenvalue weighted by atomic mass is 19.1. The lowest BCUT2D eigenvalue weighted by Gasteiger charge is -2.11. The van der Waals surface area contributed by atoms with Crippen molar-refractivity contribution in [3.8, 4) is 0 Å². The van der Waals surface area contributed by atoms with Gasteiger partial charge in [0.2, 0.25) is 0 Å². The number of nitrogens with one attached hydrogen (secondary N) is 1. The molecule has 0 unspecified atom stereocenters. The molecule has 1 aliphatic heterocycles. The van der Waals surface area contributed by atoms with Gasteiger partial charge in [-0.1, -0.05) is 6.08 Å². The van der Waals surface area contributed by atoms with Crippen LogP contribution in [0.15, 0.2) is 30.5 Å². The van der Waals surface area contributed by atoms with Gasteiger partial charge in [-0.3, -0.25) is 0 Å². The Bertz CT molecular complexity index is 304. The summed E-state index contributed by atoms with van der Waals surface area (Å²) in [5.41, 5.74) is 2.03. The minimum absolute atomic E-state index is 0.166. The second-order valence-corrected chi connectivity index (χ2v) is 2.55. The van der Waals surface area contributed by atoms with Crippen molar-refractivity contribution in [2.45, 2.75) is 6.42 Å². The molecule has 1 nitrogen and oxygen atoms in total. The second kappa shape index (κ2) is 2.38. The maximum Gasteiger partial charge on any atom is 0.123 e. The summed E-state index contributed by atoms with van der Waals surface area (Å²) in [4.78, 5) is 0. The Morgan fingerprint density at radius 3 is 3.18 bits per heavy atom. The Morgan fingerprint density at radius 2 is 2.27 bits per heavy atom. The first kappa shape index (κ1) is 6.40. The van der Waals surface area contributed by atoms with Crippen molar-refractivity contribution in [3.05, 3.63) is 41.9 Å². The average Bonchev–Trinajstić information content (AvgIpc) is 2.04. The first-order chi connectivity index (χ1) is 5.36. The SMILES string of the molecule is Fc1ccc2c(c1)CC=CN2. The zero-order valence-electron chi connectivity index (χ0n) is 5.97. The number of allylic oxidation sites excluding steroid dienone is 1. The van der Waals surface area contributed by atoms with Gasteiger partial charge in [0, 0.05) is 5.69 Å². The smallest absolute Gasteiger partial charge is 0.123 e. The van der Waals surface area contributed by atoms with Crippen LogP contribution in [0.4, 0.5) is 10.1 Å². The van der Waals surface area contributed by atoms with E-state index in [-0.39, 0.29) is 5.82 Å². The highest BCUT2D eigenvalue weighted by Crippen LogP contribution is 2.20. The van der Waals surface area contributed by atoms with E-state index >= 15 is 0 Å². The van der Waals surface area contributed by atoms with Crippen molar-refractivity contribution in [3.63, 3.8) is 0 Å². The molecule has 0 aliphatic carbocycles. The molecule has 0 saturated heterocycles. The van der Waals surface area contributed by atoms with E-state index in [1.165, 1.54) is 6.07 Å². The number of rotatable bonds is 0. The summed E-state index contributed by atoms with van der Waals surface area (Å²) in [5.74, 6) is -0.166. The normalized spacial score (nSPS) is 13.9. The number of hydrogen-bond donors (Lipinski definition) is 1. The molecular formula is C9H8FN. The maximum atomic E-state index is 12.6. The Labute approximate surface area is 64.5 Å². The van der Waals surface area contributed by atoms with Crippen molar-refractivity contribution < 1.29 is 4.39 Å². The van der Waals surface area contributed by atoms with Gasteiger partial charge in [-0.2, -0.15) is 0 Å². The van der Waals surface area contributed by atoms with E-state index in [1.807, 2.05) is 12.3 Å². The molecule has 0 saturated carbocycles. The Hall–Kier alpha value is -1.31. The summed E-state index contributed by atoms with van der Waals surface area (Å²) in [7, 11) is 0. The molecule has 1 aromatic carbocycles. The van der Waals surface area contributed by atoms with E-state index < -0.39 is 0 Å². The van der Waals surface area contributed by atoms with Crippen LogP contribution in [0.2, 0.25) is 0 Å². The van der Waals surface area contributed by atoms with E-state index in [9.17, 15) is 4.39 Å². The summed E-state index contributed by atoms with van der Waals surface area (Å²) >= 11 is 0. The fourth-order valence-corrected chi connectivity index (χ4v) is 1.21. The van der Waals surface area contributed by atoms with Gasteiger partial charge in [-0.05, 0) is 36.4 Å². The summed E-state index contributed by atoms with van der Waals surface area (Å²) in [6, 6.07) is 4.78. The Balaban J connectivity index is 2.48. The van der Waals surface area contributed by atoms with Gasteiger partial charge in [0.25, 0.3) is 0 Å². The minimum Gasteiger partial charge on any atom is -0.362 e. The molecule has 2 heteroatoms. The number of anilines is 1. The molecule has 0 radical (unpaired) electrons. The lowest BCUT2D eigenvalue weighted by atomic mass is 10.1. The summed E-state index contributed by atoms with van der Waals surface area (Å²) < 4.78 is 12.6. The molecular weight excluding hydrogens is 141 g/mol. The number of fused-ring (bicyclic) bond motifs is 1. The quantitative estimate of drug-likeness (QED) is 0.596. The number of halogens is 1. The van der Waals surface area contributed by atoms with Gasteiger partial charge >= 0.3 is 0 Å². The molecule has 1 aliphatic rings. The molecule has 0 bridgehead atoms. The average molecular weight is 149 g/mol. The van der Waals surface area contributed by atoms with Crippen LogP contribution >= 0.6 is 0 Å². The second-order valence-electron chi connectivity index (χ2n) is 2.55. The zero-order chi connectivity index (χ0) is 7.68. The topological polar surface area (TPSA) is 12.0 Å². The largest absolute Gasteiger partial charge is 0.362 e. The number of hydrogen-bond acceptors (Lipinski definition) is 1. The Morgan fingerprint density at radius 1 is 1.36 bits per heavy atom. The van der Waals surface area contributed by atoms with Crippen LogP contribution in [0, 0.1) is 5.82 Å². The molecule has 0 aromatic heterocycles. The van der Waals surface area contributed by atoms with E-state index in [1.54, 1.807) is 12.1 Å². The van der Waals surface area contributed by atoms with Crippen LogP contribution in [-0.4, -0.2) is 0 Å². The van der Waals surface area contributed by atoms with E-state index in [0.29, 0.717) is 0 Å². The molecule has 2 rings (SSSR count). The first-order valence-electron chi connectivity index (χ1n) is 3.56. The molecule has 0 amide bonds. The van der Waals surface area contributed by atoms with E-state index in [0.717, 1.165) is 17.7 Å². The summed E-state index contributed by atoms with van der Waals surface area (Å²) in [6.45, 7) is 0. The molecule has 1 N–H and O–H groups in total. The van der Waals surface area contributed by atoms with Crippen LogP contribution in [-0.2, 0) is 6.42 Å². The number of benzene rings is 1. The predicted molar refractivity (Wildman–Crippen MR) is 42.9 cm³/mol. The van der Waals surface area contributed by atoms with Crippen molar-refractivity contribution >= 4 is 5.69 Å². The molecule has 56 valence electrons. The highest BCUT2D eigenvalue weighted by molar-refractivity contribution is 5.56. The maximum absolute atomic E-state index is 12.6. The van der Waals surface area contributed by atoms with Crippen molar-refractivity contribution in [1.29, 1.82) is 0 Å². The lowest BCUT2D eigenvalue weighted by molar-refractivity contribution is 0.626. The highest BCUT2D eigenvalue weighted by Gasteiger charge is 2.03. The fraction of sp³-hybridized carbons (Fsp3) is 0.111. The van der Waals surface area contributed by atoms with Crippen LogP contribution in [0.5, 0.6) is 0 Å². The van der Waals surface area contributed by atoms with Crippen LogP contribution in [0.1, 0.15) is 5.56 Å². The first-order valence-corrected chi connectivity index (χ1v) is 3.56. The van der Waals surface area contributed by atoms with Gasteiger partial charge < -0.3 is 5.32 Å². The molecule has 0 spiro atoms.